The van der Waals surface area contributed by atoms with Gasteiger partial charge in [0, 0.05) is 5.31 Å². The zero-order chi connectivity index (χ0) is 18.6. The molecule has 4 heteroatoms. The Morgan fingerprint density at radius 1 is 0.962 bits per heavy atom. The molecule has 0 aromatic heterocycles. The highest BCUT2D eigenvalue weighted by molar-refractivity contribution is 6.50. The zero-order valence-electron chi connectivity index (χ0n) is 16.7. The van der Waals surface area contributed by atoms with E-state index in [1.54, 1.807) is 6.07 Å². The quantitative estimate of drug-likeness (QED) is 0.607. The van der Waals surface area contributed by atoms with Gasteiger partial charge in [-0.05, 0) is 70.1 Å². The van der Waals surface area contributed by atoms with Gasteiger partial charge in [-0.25, -0.2) is 4.39 Å². The standard InChI is InChI=1S/C22H32BFO2/c1-20(2)21(3,4)26-23(25-20)22(18-10-6-5-7-11-18)14-17(15-22)16-9-8-12-19(24)13-16/h8-9,12-13,17-18H,5-7,10-11,14-15H2,1-4H3. The van der Waals surface area contributed by atoms with Crippen molar-refractivity contribution in [3.8, 4) is 0 Å². The maximum atomic E-state index is 13.7. The smallest absolute Gasteiger partial charge is 0.403 e. The van der Waals surface area contributed by atoms with Gasteiger partial charge in [0.05, 0.1) is 11.2 Å². The molecule has 3 aliphatic rings. The van der Waals surface area contributed by atoms with Crippen LogP contribution >= 0.6 is 0 Å². The van der Waals surface area contributed by atoms with Gasteiger partial charge in [0.2, 0.25) is 0 Å². The second kappa shape index (κ2) is 6.34. The van der Waals surface area contributed by atoms with Crippen molar-refractivity contribution in [2.24, 2.45) is 5.92 Å². The van der Waals surface area contributed by atoms with Crippen LogP contribution in [0.25, 0.3) is 0 Å². The van der Waals surface area contributed by atoms with Gasteiger partial charge in [-0.3, -0.25) is 0 Å². The van der Waals surface area contributed by atoms with E-state index in [2.05, 4.69) is 33.8 Å². The van der Waals surface area contributed by atoms with Crippen LogP contribution in [-0.2, 0) is 9.31 Å². The van der Waals surface area contributed by atoms with Crippen LogP contribution in [0, 0.1) is 11.7 Å². The summed E-state index contributed by atoms with van der Waals surface area (Å²) in [7, 11) is -0.139. The van der Waals surface area contributed by atoms with Crippen LogP contribution in [0.5, 0.6) is 0 Å². The summed E-state index contributed by atoms with van der Waals surface area (Å²) in [5.74, 6) is 0.954. The van der Waals surface area contributed by atoms with Gasteiger partial charge in [-0.1, -0.05) is 44.2 Å². The van der Waals surface area contributed by atoms with Crippen molar-refractivity contribution in [1.82, 2.24) is 0 Å². The molecule has 2 saturated carbocycles. The summed E-state index contributed by atoms with van der Waals surface area (Å²) in [6.45, 7) is 8.57. The molecule has 3 fully saturated rings. The predicted octanol–water partition coefficient (Wildman–Crippen LogP) is 6.12. The van der Waals surface area contributed by atoms with E-state index in [0.717, 1.165) is 18.4 Å². The average molecular weight is 358 g/mol. The molecular weight excluding hydrogens is 326 g/mol. The van der Waals surface area contributed by atoms with E-state index >= 15 is 0 Å². The molecule has 1 aromatic rings. The summed E-state index contributed by atoms with van der Waals surface area (Å²) in [6.07, 6.45) is 8.65. The van der Waals surface area contributed by atoms with Gasteiger partial charge in [-0.15, -0.1) is 0 Å². The Balaban J connectivity index is 1.59. The Hall–Kier alpha value is -0.865. The number of hydrogen-bond acceptors (Lipinski definition) is 2. The summed E-state index contributed by atoms with van der Waals surface area (Å²) in [4.78, 5) is 0. The van der Waals surface area contributed by atoms with Gasteiger partial charge in [0.15, 0.2) is 0 Å². The topological polar surface area (TPSA) is 18.5 Å². The summed E-state index contributed by atoms with van der Waals surface area (Å²) >= 11 is 0. The van der Waals surface area contributed by atoms with E-state index in [9.17, 15) is 4.39 Å². The minimum atomic E-state index is -0.288. The second-order valence-electron chi connectivity index (χ2n) is 9.82. The van der Waals surface area contributed by atoms with Crippen molar-refractivity contribution in [1.29, 1.82) is 0 Å². The first-order valence-electron chi connectivity index (χ1n) is 10.3. The zero-order valence-corrected chi connectivity index (χ0v) is 16.7. The fourth-order valence-electron chi connectivity index (χ4n) is 5.33. The predicted molar refractivity (Wildman–Crippen MR) is 104 cm³/mol. The van der Waals surface area contributed by atoms with Crippen molar-refractivity contribution in [3.05, 3.63) is 35.6 Å². The SMILES string of the molecule is CC1(C)OB(C2(C3CCCCC3)CC(c3cccc(F)c3)C2)OC1(C)C. The fourth-order valence-corrected chi connectivity index (χ4v) is 5.33. The van der Waals surface area contributed by atoms with Crippen molar-refractivity contribution in [3.63, 3.8) is 0 Å². The lowest BCUT2D eigenvalue weighted by Crippen LogP contribution is -2.49. The summed E-state index contributed by atoms with van der Waals surface area (Å²) < 4.78 is 26.8. The van der Waals surface area contributed by atoms with Crippen LogP contribution in [0.2, 0.25) is 5.31 Å². The molecule has 142 valence electrons. The molecule has 1 saturated heterocycles. The Morgan fingerprint density at radius 3 is 2.15 bits per heavy atom. The third kappa shape index (κ3) is 2.94. The van der Waals surface area contributed by atoms with Crippen LogP contribution in [0.4, 0.5) is 4.39 Å². The molecule has 2 aliphatic carbocycles. The average Bonchev–Trinajstić information content (AvgIpc) is 2.76. The largest absolute Gasteiger partial charge is 0.464 e. The highest BCUT2D eigenvalue weighted by Gasteiger charge is 2.65. The Bertz CT molecular complexity index is 644. The maximum Gasteiger partial charge on any atom is 0.464 e. The monoisotopic (exact) mass is 358 g/mol. The van der Waals surface area contributed by atoms with E-state index in [4.69, 9.17) is 9.31 Å². The minimum absolute atomic E-state index is 0.0858. The molecule has 0 N–H and O–H groups in total. The lowest BCUT2D eigenvalue weighted by Gasteiger charge is -2.54. The molecule has 4 rings (SSSR count). The molecule has 0 spiro atoms. The molecule has 0 atom stereocenters. The molecule has 26 heavy (non-hydrogen) atoms. The Labute approximate surface area is 158 Å². The van der Waals surface area contributed by atoms with Gasteiger partial charge >= 0.3 is 7.12 Å². The lowest BCUT2D eigenvalue weighted by molar-refractivity contribution is 0.00578. The van der Waals surface area contributed by atoms with Gasteiger partial charge in [0.1, 0.15) is 5.82 Å². The van der Waals surface area contributed by atoms with Crippen molar-refractivity contribution in [2.45, 2.75) is 95.1 Å². The van der Waals surface area contributed by atoms with Crippen LogP contribution in [0.3, 0.4) is 0 Å². The number of rotatable bonds is 3. The van der Waals surface area contributed by atoms with Gasteiger partial charge in [-0.2, -0.15) is 0 Å². The molecule has 1 aromatic carbocycles. The highest BCUT2D eigenvalue weighted by Crippen LogP contribution is 2.67. The number of benzene rings is 1. The van der Waals surface area contributed by atoms with E-state index < -0.39 is 0 Å². The van der Waals surface area contributed by atoms with Gasteiger partial charge < -0.3 is 9.31 Å². The lowest BCUT2D eigenvalue weighted by atomic mass is 9.37. The van der Waals surface area contributed by atoms with E-state index in [1.807, 2.05) is 6.07 Å². The van der Waals surface area contributed by atoms with E-state index in [1.165, 1.54) is 38.2 Å². The highest BCUT2D eigenvalue weighted by atomic mass is 19.1. The number of halogens is 1. The van der Waals surface area contributed by atoms with Crippen LogP contribution in [0.15, 0.2) is 24.3 Å². The van der Waals surface area contributed by atoms with Crippen LogP contribution < -0.4 is 0 Å². The third-order valence-corrected chi connectivity index (χ3v) is 7.71. The van der Waals surface area contributed by atoms with Crippen molar-refractivity contribution >= 4 is 7.12 Å². The minimum Gasteiger partial charge on any atom is -0.403 e. The molecule has 0 radical (unpaired) electrons. The fraction of sp³-hybridized carbons (Fsp3) is 0.727. The molecule has 0 amide bonds. The van der Waals surface area contributed by atoms with Gasteiger partial charge in [0.25, 0.3) is 0 Å². The van der Waals surface area contributed by atoms with E-state index in [0.29, 0.717) is 11.8 Å². The summed E-state index contributed by atoms with van der Waals surface area (Å²) in [5.41, 5.74) is 0.556. The van der Waals surface area contributed by atoms with E-state index in [-0.39, 0.29) is 29.5 Å². The normalized spacial score (nSPS) is 33.9. The molecule has 0 unspecified atom stereocenters. The van der Waals surface area contributed by atoms with Crippen LogP contribution in [0.1, 0.15) is 84.1 Å². The Morgan fingerprint density at radius 2 is 1.58 bits per heavy atom. The maximum absolute atomic E-state index is 13.7. The summed E-state index contributed by atoms with van der Waals surface area (Å²) in [6, 6.07) is 7.15. The molecular formula is C22H32BFO2. The molecule has 1 aliphatic heterocycles. The number of hydrogen-bond donors (Lipinski definition) is 0. The first-order valence-corrected chi connectivity index (χ1v) is 10.3. The first kappa shape index (κ1) is 18.5. The van der Waals surface area contributed by atoms with Crippen LogP contribution in [-0.4, -0.2) is 18.3 Å². The molecule has 0 bridgehead atoms. The third-order valence-electron chi connectivity index (χ3n) is 7.71. The molecule has 2 nitrogen and oxygen atoms in total. The first-order chi connectivity index (χ1) is 12.2. The van der Waals surface area contributed by atoms with Crippen molar-refractivity contribution in [2.75, 3.05) is 0 Å². The Kier molecular flexibility index (Phi) is 4.51. The molecule has 1 heterocycles. The summed E-state index contributed by atoms with van der Waals surface area (Å²) in [5, 5.41) is 0.0858. The second-order valence-corrected chi connectivity index (χ2v) is 9.82. The van der Waals surface area contributed by atoms with Crippen molar-refractivity contribution < 1.29 is 13.7 Å².